The predicted octanol–water partition coefficient (Wildman–Crippen LogP) is 4.02. The number of methoxy groups -OCH3 is 1. The zero-order valence-electron chi connectivity index (χ0n) is 10.6. The molecule has 0 fully saturated rings. The molecule has 2 aromatic carbocycles. The first-order valence-electron chi connectivity index (χ1n) is 5.71. The van der Waals surface area contributed by atoms with Crippen LogP contribution in [0.3, 0.4) is 0 Å². The summed E-state index contributed by atoms with van der Waals surface area (Å²) < 4.78 is 5.14. The molecular weight excluding hydrogens is 264 g/mol. The van der Waals surface area contributed by atoms with E-state index in [0.717, 1.165) is 16.7 Å². The summed E-state index contributed by atoms with van der Waals surface area (Å²) in [7, 11) is 1.51. The van der Waals surface area contributed by atoms with E-state index in [-0.39, 0.29) is 5.56 Å². The van der Waals surface area contributed by atoms with Gasteiger partial charge in [0.15, 0.2) is 0 Å². The van der Waals surface area contributed by atoms with Crippen LogP contribution in [0.15, 0.2) is 36.4 Å². The smallest absolute Gasteiger partial charge is 0.335 e. The van der Waals surface area contributed by atoms with Gasteiger partial charge < -0.3 is 9.84 Å². The van der Waals surface area contributed by atoms with Crippen molar-refractivity contribution >= 4 is 17.6 Å². The van der Waals surface area contributed by atoms with Crippen LogP contribution in [0.5, 0.6) is 5.75 Å². The Labute approximate surface area is 116 Å². The topological polar surface area (TPSA) is 46.5 Å². The lowest BCUT2D eigenvalue weighted by Crippen LogP contribution is -1.98. The number of halogens is 1. The Morgan fingerprint density at radius 2 is 2.00 bits per heavy atom. The average Bonchev–Trinajstić information content (AvgIpc) is 2.41. The normalized spacial score (nSPS) is 10.3. The number of hydrogen-bond donors (Lipinski definition) is 1. The van der Waals surface area contributed by atoms with Crippen molar-refractivity contribution < 1.29 is 14.6 Å². The largest absolute Gasteiger partial charge is 0.497 e. The minimum Gasteiger partial charge on any atom is -0.497 e. The maximum absolute atomic E-state index is 11.1. The fourth-order valence-electron chi connectivity index (χ4n) is 1.92. The Bertz CT molecular complexity index is 635. The summed E-state index contributed by atoms with van der Waals surface area (Å²) in [5, 5.41) is 9.77. The first-order chi connectivity index (χ1) is 9.02. The number of carbonyl (C=O) groups is 1. The molecule has 2 rings (SSSR count). The highest BCUT2D eigenvalue weighted by Gasteiger charge is 2.11. The monoisotopic (exact) mass is 276 g/mol. The van der Waals surface area contributed by atoms with E-state index in [2.05, 4.69) is 0 Å². The number of rotatable bonds is 3. The molecule has 3 nitrogen and oxygen atoms in total. The number of aromatic carboxylic acids is 1. The molecule has 0 amide bonds. The molecule has 19 heavy (non-hydrogen) atoms. The third-order valence-corrected chi connectivity index (χ3v) is 3.38. The van der Waals surface area contributed by atoms with Gasteiger partial charge in [-0.1, -0.05) is 23.7 Å². The van der Waals surface area contributed by atoms with Crippen LogP contribution in [0.1, 0.15) is 15.9 Å². The zero-order chi connectivity index (χ0) is 14.0. The van der Waals surface area contributed by atoms with Crippen molar-refractivity contribution in [3.63, 3.8) is 0 Å². The fourth-order valence-corrected chi connectivity index (χ4v) is 2.09. The van der Waals surface area contributed by atoms with Crippen molar-refractivity contribution in [1.82, 2.24) is 0 Å². The third-order valence-electron chi connectivity index (χ3n) is 2.97. The first-order valence-corrected chi connectivity index (χ1v) is 6.08. The van der Waals surface area contributed by atoms with Crippen molar-refractivity contribution in [2.45, 2.75) is 6.92 Å². The van der Waals surface area contributed by atoms with E-state index in [9.17, 15) is 4.79 Å². The summed E-state index contributed by atoms with van der Waals surface area (Å²) in [6.07, 6.45) is 0. The van der Waals surface area contributed by atoms with E-state index in [0.29, 0.717) is 10.8 Å². The summed E-state index contributed by atoms with van der Waals surface area (Å²) in [5.74, 6) is -0.478. The maximum Gasteiger partial charge on any atom is 0.335 e. The van der Waals surface area contributed by atoms with Gasteiger partial charge >= 0.3 is 5.97 Å². The molecule has 0 aliphatic carbocycles. The number of hydrogen-bond acceptors (Lipinski definition) is 2. The van der Waals surface area contributed by atoms with Crippen molar-refractivity contribution in [3.8, 4) is 16.9 Å². The highest BCUT2D eigenvalue weighted by molar-refractivity contribution is 6.31. The van der Waals surface area contributed by atoms with Crippen molar-refractivity contribution in [2.75, 3.05) is 7.11 Å². The van der Waals surface area contributed by atoms with Crippen LogP contribution in [0.4, 0.5) is 0 Å². The van der Waals surface area contributed by atoms with Crippen molar-refractivity contribution in [2.24, 2.45) is 0 Å². The molecule has 0 spiro atoms. The second-order valence-electron chi connectivity index (χ2n) is 4.17. The highest BCUT2D eigenvalue weighted by atomic mass is 35.5. The molecule has 0 aliphatic rings. The molecule has 0 aromatic heterocycles. The molecule has 0 radical (unpaired) electrons. The maximum atomic E-state index is 11.1. The van der Waals surface area contributed by atoms with Gasteiger partial charge in [-0.25, -0.2) is 4.79 Å². The molecule has 0 saturated heterocycles. The first kappa shape index (κ1) is 13.4. The Balaban J connectivity index is 2.64. The van der Waals surface area contributed by atoms with E-state index in [1.165, 1.54) is 13.2 Å². The molecule has 0 atom stereocenters. The predicted molar refractivity (Wildman–Crippen MR) is 75.1 cm³/mol. The molecule has 0 heterocycles. The minimum atomic E-state index is -0.986. The van der Waals surface area contributed by atoms with E-state index in [4.69, 9.17) is 21.4 Å². The van der Waals surface area contributed by atoms with Crippen LogP contribution < -0.4 is 4.74 Å². The molecule has 0 aliphatic heterocycles. The number of carboxylic acid groups (broad SMARTS) is 1. The second kappa shape index (κ2) is 5.33. The van der Waals surface area contributed by atoms with Gasteiger partial charge in [-0.2, -0.15) is 0 Å². The van der Waals surface area contributed by atoms with E-state index in [1.54, 1.807) is 18.2 Å². The summed E-state index contributed by atoms with van der Waals surface area (Å²) in [4.78, 5) is 11.1. The molecule has 4 heteroatoms. The van der Waals surface area contributed by atoms with E-state index >= 15 is 0 Å². The van der Waals surface area contributed by atoms with Gasteiger partial charge in [0.25, 0.3) is 0 Å². The second-order valence-corrected chi connectivity index (χ2v) is 4.57. The Hall–Kier alpha value is -2.00. The summed E-state index contributed by atoms with van der Waals surface area (Å²) in [5.41, 5.74) is 2.77. The minimum absolute atomic E-state index is 0.189. The van der Waals surface area contributed by atoms with Gasteiger partial charge in [0.2, 0.25) is 0 Å². The summed E-state index contributed by atoms with van der Waals surface area (Å²) >= 11 is 6.09. The number of carboxylic acids is 1. The van der Waals surface area contributed by atoms with Crippen LogP contribution in [-0.4, -0.2) is 18.2 Å². The summed E-state index contributed by atoms with van der Waals surface area (Å²) in [6.45, 7) is 1.90. The van der Waals surface area contributed by atoms with Crippen molar-refractivity contribution in [1.29, 1.82) is 0 Å². The van der Waals surface area contributed by atoms with Crippen LogP contribution in [-0.2, 0) is 0 Å². The van der Waals surface area contributed by atoms with Gasteiger partial charge in [-0.05, 0) is 47.9 Å². The Morgan fingerprint density at radius 3 is 2.63 bits per heavy atom. The van der Waals surface area contributed by atoms with Crippen LogP contribution in [0.25, 0.3) is 11.1 Å². The van der Waals surface area contributed by atoms with E-state index < -0.39 is 5.97 Å². The lowest BCUT2D eigenvalue weighted by molar-refractivity contribution is 0.0696. The van der Waals surface area contributed by atoms with Gasteiger partial charge in [0, 0.05) is 5.02 Å². The van der Waals surface area contributed by atoms with Gasteiger partial charge in [-0.15, -0.1) is 0 Å². The van der Waals surface area contributed by atoms with Gasteiger partial charge in [0.05, 0.1) is 12.7 Å². The standard InChI is InChI=1S/C15H13ClO3/c1-9-13(4-3-5-14(9)16)10-6-11(15(17)18)8-12(7-10)19-2/h3-8H,1-2H3,(H,17,18). The average molecular weight is 277 g/mol. The molecule has 0 unspecified atom stereocenters. The molecule has 98 valence electrons. The van der Waals surface area contributed by atoms with Crippen LogP contribution in [0, 0.1) is 6.92 Å². The number of ether oxygens (including phenoxy) is 1. The zero-order valence-corrected chi connectivity index (χ0v) is 11.4. The fraction of sp³-hybridized carbons (Fsp3) is 0.133. The van der Waals surface area contributed by atoms with Crippen LogP contribution >= 0.6 is 11.6 Å². The van der Waals surface area contributed by atoms with E-state index in [1.807, 2.05) is 19.1 Å². The molecule has 0 bridgehead atoms. The quantitative estimate of drug-likeness (QED) is 0.921. The summed E-state index contributed by atoms with van der Waals surface area (Å²) in [6, 6.07) is 10.4. The Kier molecular flexibility index (Phi) is 3.76. The highest BCUT2D eigenvalue weighted by Crippen LogP contribution is 2.31. The third kappa shape index (κ3) is 2.71. The number of benzene rings is 2. The molecule has 0 saturated carbocycles. The lowest BCUT2D eigenvalue weighted by atomic mass is 9.98. The van der Waals surface area contributed by atoms with Crippen molar-refractivity contribution in [3.05, 3.63) is 52.5 Å². The Morgan fingerprint density at radius 1 is 1.26 bits per heavy atom. The van der Waals surface area contributed by atoms with Gasteiger partial charge in [-0.3, -0.25) is 0 Å². The van der Waals surface area contributed by atoms with Gasteiger partial charge in [0.1, 0.15) is 5.75 Å². The molecule has 2 aromatic rings. The van der Waals surface area contributed by atoms with Crippen LogP contribution in [0.2, 0.25) is 5.02 Å². The molecular formula is C15H13ClO3. The molecule has 1 N–H and O–H groups in total. The lowest BCUT2D eigenvalue weighted by Gasteiger charge is -2.10. The SMILES string of the molecule is COc1cc(C(=O)O)cc(-c2cccc(Cl)c2C)c1.